The standard InChI is InChI=1S/C15H20BrNO2/c16-14-10-17(9-11-5-7-19-8-6-11)15(18)13-4-2-1-3-12(13)14/h10-11H,1-9H2. The Morgan fingerprint density at radius 3 is 2.63 bits per heavy atom. The molecule has 0 N–H and O–H groups in total. The highest BCUT2D eigenvalue weighted by atomic mass is 79.9. The predicted octanol–water partition coefficient (Wildman–Crippen LogP) is 2.92. The third kappa shape index (κ3) is 2.79. The zero-order valence-corrected chi connectivity index (χ0v) is 12.7. The molecule has 0 amide bonds. The number of halogens is 1. The Morgan fingerprint density at radius 1 is 1.21 bits per heavy atom. The number of hydrogen-bond donors (Lipinski definition) is 0. The Hall–Kier alpha value is -0.610. The van der Waals surface area contributed by atoms with Crippen LogP contribution in [-0.4, -0.2) is 17.8 Å². The molecule has 104 valence electrons. The fourth-order valence-electron chi connectivity index (χ4n) is 3.19. The zero-order valence-electron chi connectivity index (χ0n) is 11.2. The van der Waals surface area contributed by atoms with Gasteiger partial charge in [0.15, 0.2) is 0 Å². The SMILES string of the molecule is O=c1c2c(c(Br)cn1CC1CCOCC1)CCCC2. The molecule has 1 fully saturated rings. The van der Waals surface area contributed by atoms with Crippen molar-refractivity contribution in [1.82, 2.24) is 4.57 Å². The van der Waals surface area contributed by atoms with Gasteiger partial charge in [0.1, 0.15) is 0 Å². The zero-order chi connectivity index (χ0) is 13.2. The smallest absolute Gasteiger partial charge is 0.254 e. The molecule has 0 aromatic carbocycles. The van der Waals surface area contributed by atoms with Gasteiger partial charge in [-0.2, -0.15) is 0 Å². The molecule has 3 rings (SSSR count). The number of fused-ring (bicyclic) bond motifs is 1. The number of hydrogen-bond acceptors (Lipinski definition) is 2. The fourth-order valence-corrected chi connectivity index (χ4v) is 3.88. The maximum Gasteiger partial charge on any atom is 0.254 e. The van der Waals surface area contributed by atoms with Gasteiger partial charge in [-0.05, 0) is 65.9 Å². The van der Waals surface area contributed by atoms with Gasteiger partial charge >= 0.3 is 0 Å². The number of aromatic nitrogens is 1. The lowest BCUT2D eigenvalue weighted by Crippen LogP contribution is -2.31. The molecule has 4 heteroatoms. The van der Waals surface area contributed by atoms with Gasteiger partial charge in [0, 0.05) is 36.0 Å². The largest absolute Gasteiger partial charge is 0.381 e. The van der Waals surface area contributed by atoms with Crippen molar-refractivity contribution in [2.45, 2.75) is 45.1 Å². The van der Waals surface area contributed by atoms with Gasteiger partial charge in [-0.1, -0.05) is 0 Å². The monoisotopic (exact) mass is 325 g/mol. The molecule has 1 saturated heterocycles. The third-order valence-corrected chi connectivity index (χ3v) is 5.02. The Bertz CT molecular complexity index is 518. The Kier molecular flexibility index (Phi) is 4.08. The van der Waals surface area contributed by atoms with E-state index < -0.39 is 0 Å². The minimum Gasteiger partial charge on any atom is -0.381 e. The molecule has 0 saturated carbocycles. The average molecular weight is 326 g/mol. The molecular weight excluding hydrogens is 306 g/mol. The van der Waals surface area contributed by atoms with Gasteiger partial charge in [0.05, 0.1) is 0 Å². The van der Waals surface area contributed by atoms with Crippen molar-refractivity contribution in [3.63, 3.8) is 0 Å². The molecule has 0 spiro atoms. The second kappa shape index (κ2) is 5.80. The molecule has 1 aromatic rings. The first-order valence-electron chi connectivity index (χ1n) is 7.24. The lowest BCUT2D eigenvalue weighted by atomic mass is 9.93. The summed E-state index contributed by atoms with van der Waals surface area (Å²) in [5, 5.41) is 0. The maximum absolute atomic E-state index is 12.6. The van der Waals surface area contributed by atoms with Gasteiger partial charge in [-0.15, -0.1) is 0 Å². The highest BCUT2D eigenvalue weighted by Crippen LogP contribution is 2.26. The summed E-state index contributed by atoms with van der Waals surface area (Å²) in [5.74, 6) is 0.583. The van der Waals surface area contributed by atoms with Crippen LogP contribution >= 0.6 is 15.9 Å². The molecule has 1 aromatic heterocycles. The molecule has 0 unspecified atom stereocenters. The Labute approximate surface area is 122 Å². The minimum absolute atomic E-state index is 0.240. The quantitative estimate of drug-likeness (QED) is 0.837. The van der Waals surface area contributed by atoms with E-state index in [1.54, 1.807) is 0 Å². The molecule has 2 aliphatic rings. The van der Waals surface area contributed by atoms with E-state index in [1.807, 2.05) is 10.8 Å². The summed E-state index contributed by atoms with van der Waals surface area (Å²) in [6.45, 7) is 2.52. The summed E-state index contributed by atoms with van der Waals surface area (Å²) in [7, 11) is 0. The van der Waals surface area contributed by atoms with Crippen LogP contribution < -0.4 is 5.56 Å². The van der Waals surface area contributed by atoms with E-state index in [9.17, 15) is 4.79 Å². The molecule has 1 aliphatic heterocycles. The lowest BCUT2D eigenvalue weighted by Gasteiger charge is -2.24. The first-order chi connectivity index (χ1) is 9.25. The summed E-state index contributed by atoms with van der Waals surface area (Å²) in [6, 6.07) is 0. The molecule has 0 atom stereocenters. The van der Waals surface area contributed by atoms with Crippen LogP contribution in [0.15, 0.2) is 15.5 Å². The van der Waals surface area contributed by atoms with Crippen molar-refractivity contribution >= 4 is 15.9 Å². The van der Waals surface area contributed by atoms with E-state index in [1.165, 1.54) is 12.0 Å². The third-order valence-electron chi connectivity index (χ3n) is 4.34. The van der Waals surface area contributed by atoms with Crippen molar-refractivity contribution < 1.29 is 4.74 Å². The summed E-state index contributed by atoms with van der Waals surface area (Å²) >= 11 is 3.65. The topological polar surface area (TPSA) is 31.2 Å². The number of rotatable bonds is 2. The van der Waals surface area contributed by atoms with E-state index in [-0.39, 0.29) is 5.56 Å². The normalized spacial score (nSPS) is 20.3. The highest BCUT2D eigenvalue weighted by molar-refractivity contribution is 9.10. The lowest BCUT2D eigenvalue weighted by molar-refractivity contribution is 0.0609. The van der Waals surface area contributed by atoms with Crippen molar-refractivity contribution in [1.29, 1.82) is 0 Å². The maximum atomic E-state index is 12.6. The van der Waals surface area contributed by atoms with E-state index in [0.29, 0.717) is 5.92 Å². The summed E-state index contributed by atoms with van der Waals surface area (Å²) < 4.78 is 8.43. The van der Waals surface area contributed by atoms with Gasteiger partial charge in [-0.3, -0.25) is 4.79 Å². The van der Waals surface area contributed by atoms with E-state index >= 15 is 0 Å². The summed E-state index contributed by atoms with van der Waals surface area (Å²) in [5.41, 5.74) is 2.54. The van der Waals surface area contributed by atoms with E-state index in [2.05, 4.69) is 15.9 Å². The fraction of sp³-hybridized carbons (Fsp3) is 0.667. The van der Waals surface area contributed by atoms with Crippen LogP contribution in [0.1, 0.15) is 36.8 Å². The first-order valence-corrected chi connectivity index (χ1v) is 8.03. The van der Waals surface area contributed by atoms with Crippen LogP contribution in [0.25, 0.3) is 0 Å². The molecular formula is C15H20BrNO2. The van der Waals surface area contributed by atoms with E-state index in [4.69, 9.17) is 4.74 Å². The minimum atomic E-state index is 0.240. The number of nitrogens with zero attached hydrogens (tertiary/aromatic N) is 1. The molecule has 0 radical (unpaired) electrons. The van der Waals surface area contributed by atoms with E-state index in [0.717, 1.165) is 61.9 Å². The Morgan fingerprint density at radius 2 is 1.89 bits per heavy atom. The number of ether oxygens (including phenoxy) is 1. The van der Waals surface area contributed by atoms with Crippen LogP contribution in [0.4, 0.5) is 0 Å². The van der Waals surface area contributed by atoms with Crippen molar-refractivity contribution in [3.8, 4) is 0 Å². The molecule has 3 nitrogen and oxygen atoms in total. The van der Waals surface area contributed by atoms with Crippen LogP contribution in [0.3, 0.4) is 0 Å². The van der Waals surface area contributed by atoms with Crippen LogP contribution in [0.2, 0.25) is 0 Å². The van der Waals surface area contributed by atoms with Gasteiger partial charge in [-0.25, -0.2) is 0 Å². The van der Waals surface area contributed by atoms with Crippen LogP contribution in [0, 0.1) is 5.92 Å². The van der Waals surface area contributed by atoms with Crippen LogP contribution in [-0.2, 0) is 24.1 Å². The molecule has 19 heavy (non-hydrogen) atoms. The highest BCUT2D eigenvalue weighted by Gasteiger charge is 2.20. The predicted molar refractivity (Wildman–Crippen MR) is 78.6 cm³/mol. The summed E-state index contributed by atoms with van der Waals surface area (Å²) in [4.78, 5) is 12.6. The second-order valence-electron chi connectivity index (χ2n) is 5.65. The second-order valence-corrected chi connectivity index (χ2v) is 6.51. The summed E-state index contributed by atoms with van der Waals surface area (Å²) in [6.07, 6.45) is 8.49. The molecule has 0 bridgehead atoms. The van der Waals surface area contributed by atoms with Crippen molar-refractivity contribution in [3.05, 3.63) is 32.2 Å². The van der Waals surface area contributed by atoms with Crippen LogP contribution in [0.5, 0.6) is 0 Å². The number of pyridine rings is 1. The van der Waals surface area contributed by atoms with Gasteiger partial charge in [0.25, 0.3) is 5.56 Å². The average Bonchev–Trinajstić information content (AvgIpc) is 2.46. The van der Waals surface area contributed by atoms with Crippen molar-refractivity contribution in [2.75, 3.05) is 13.2 Å². The van der Waals surface area contributed by atoms with Gasteiger partial charge < -0.3 is 9.30 Å². The Balaban J connectivity index is 1.89. The van der Waals surface area contributed by atoms with Gasteiger partial charge in [0.2, 0.25) is 0 Å². The first kappa shape index (κ1) is 13.4. The molecule has 1 aliphatic carbocycles. The molecule has 2 heterocycles. The van der Waals surface area contributed by atoms with Crippen molar-refractivity contribution in [2.24, 2.45) is 5.92 Å².